The molecule has 0 unspecified atom stereocenters. The Morgan fingerprint density at radius 2 is 2.09 bits per heavy atom. The summed E-state index contributed by atoms with van der Waals surface area (Å²) in [5.41, 5.74) is -0.0780. The molecule has 1 aromatic carbocycles. The zero-order valence-electron chi connectivity index (χ0n) is 12.5. The lowest BCUT2D eigenvalue weighted by molar-refractivity contribution is -0.384. The predicted molar refractivity (Wildman–Crippen MR) is 77.0 cm³/mol. The summed E-state index contributed by atoms with van der Waals surface area (Å²) in [6.45, 7) is 2.47. The summed E-state index contributed by atoms with van der Waals surface area (Å²) in [5.74, 6) is 0.187. The van der Waals surface area contributed by atoms with Crippen LogP contribution in [0.5, 0.6) is 5.75 Å². The summed E-state index contributed by atoms with van der Waals surface area (Å²) in [4.78, 5) is 22.0. The Balaban J connectivity index is 1.59. The van der Waals surface area contributed by atoms with E-state index in [1.807, 2.05) is 6.92 Å². The SMILES string of the molecule is C[C@@H]1O[C@H]2OCCC[C@H]2[C@H]1OC(=O)Oc1ccc([N+](=O)[O-])cc1. The van der Waals surface area contributed by atoms with Gasteiger partial charge in [-0.15, -0.1) is 0 Å². The van der Waals surface area contributed by atoms with Gasteiger partial charge in [0.15, 0.2) is 6.29 Å². The Hall–Kier alpha value is -2.19. The molecule has 0 N–H and O–H groups in total. The second-order valence-corrected chi connectivity index (χ2v) is 5.57. The van der Waals surface area contributed by atoms with Crippen LogP contribution in [0.2, 0.25) is 0 Å². The number of carbonyl (C=O) groups excluding carboxylic acids is 1. The monoisotopic (exact) mass is 323 g/mol. The van der Waals surface area contributed by atoms with Crippen molar-refractivity contribution in [2.24, 2.45) is 5.92 Å². The minimum atomic E-state index is -0.856. The van der Waals surface area contributed by atoms with E-state index in [1.54, 1.807) is 0 Å². The number of ether oxygens (including phenoxy) is 4. The molecule has 2 aliphatic heterocycles. The van der Waals surface area contributed by atoms with E-state index in [1.165, 1.54) is 24.3 Å². The minimum absolute atomic E-state index is 0.00293. The average Bonchev–Trinajstić information content (AvgIpc) is 2.84. The highest BCUT2D eigenvalue weighted by Crippen LogP contribution is 2.36. The highest BCUT2D eigenvalue weighted by atomic mass is 16.8. The van der Waals surface area contributed by atoms with Gasteiger partial charge in [0.25, 0.3) is 5.69 Å². The van der Waals surface area contributed by atoms with E-state index in [0.29, 0.717) is 6.61 Å². The van der Waals surface area contributed by atoms with E-state index in [0.717, 1.165) is 12.8 Å². The fourth-order valence-electron chi connectivity index (χ4n) is 2.93. The smallest absolute Gasteiger partial charge is 0.427 e. The van der Waals surface area contributed by atoms with E-state index >= 15 is 0 Å². The summed E-state index contributed by atoms with van der Waals surface area (Å²) in [6, 6.07) is 5.21. The maximum absolute atomic E-state index is 11.9. The minimum Gasteiger partial charge on any atom is -0.427 e. The first-order valence-electron chi connectivity index (χ1n) is 7.44. The molecule has 0 bridgehead atoms. The number of hydrogen-bond acceptors (Lipinski definition) is 7. The van der Waals surface area contributed by atoms with Gasteiger partial charge in [-0.2, -0.15) is 0 Å². The number of nitro benzene ring substituents is 1. The summed E-state index contributed by atoms with van der Waals surface area (Å²) in [5, 5.41) is 10.6. The van der Waals surface area contributed by atoms with Crippen LogP contribution in [0.3, 0.4) is 0 Å². The number of carbonyl (C=O) groups is 1. The Kier molecular flexibility index (Phi) is 4.44. The molecule has 0 amide bonds. The van der Waals surface area contributed by atoms with Gasteiger partial charge in [0.2, 0.25) is 0 Å². The molecule has 2 saturated heterocycles. The standard InChI is InChI=1S/C15H17NO7/c1-9-13(12-3-2-8-20-14(12)21-9)23-15(17)22-11-6-4-10(5-7-11)16(18)19/h4-7,9,12-14H,2-3,8H2,1H3/t9-,12-,13-,14+/m0/s1. The molecule has 2 fully saturated rings. The van der Waals surface area contributed by atoms with Crippen molar-refractivity contribution in [3.05, 3.63) is 34.4 Å². The Bertz CT molecular complexity index is 588. The van der Waals surface area contributed by atoms with E-state index in [-0.39, 0.29) is 29.7 Å². The molecule has 8 nitrogen and oxygen atoms in total. The van der Waals surface area contributed by atoms with Gasteiger partial charge in [0.1, 0.15) is 11.9 Å². The van der Waals surface area contributed by atoms with Crippen LogP contribution in [-0.2, 0) is 14.2 Å². The van der Waals surface area contributed by atoms with Crippen LogP contribution in [0.4, 0.5) is 10.5 Å². The van der Waals surface area contributed by atoms with Gasteiger partial charge in [0.05, 0.1) is 11.0 Å². The first-order chi connectivity index (χ1) is 11.0. The predicted octanol–water partition coefficient (Wildman–Crippen LogP) is 2.65. The van der Waals surface area contributed by atoms with Crippen LogP contribution in [0, 0.1) is 16.0 Å². The molecule has 23 heavy (non-hydrogen) atoms. The third kappa shape index (κ3) is 3.43. The van der Waals surface area contributed by atoms with Crippen molar-refractivity contribution < 1.29 is 28.7 Å². The van der Waals surface area contributed by atoms with Crippen molar-refractivity contribution >= 4 is 11.8 Å². The molecule has 2 aliphatic rings. The largest absolute Gasteiger partial charge is 0.514 e. The third-order valence-electron chi connectivity index (χ3n) is 4.03. The van der Waals surface area contributed by atoms with Crippen molar-refractivity contribution in [2.75, 3.05) is 6.61 Å². The molecule has 124 valence electrons. The summed E-state index contributed by atoms with van der Waals surface area (Å²) >= 11 is 0. The second-order valence-electron chi connectivity index (χ2n) is 5.57. The zero-order valence-corrected chi connectivity index (χ0v) is 12.5. The van der Waals surface area contributed by atoms with Crippen LogP contribution >= 0.6 is 0 Å². The lowest BCUT2D eigenvalue weighted by Gasteiger charge is -2.26. The highest BCUT2D eigenvalue weighted by Gasteiger charge is 2.47. The molecule has 0 aromatic heterocycles. The molecular formula is C15H17NO7. The average molecular weight is 323 g/mol. The number of rotatable bonds is 3. The molecular weight excluding hydrogens is 306 g/mol. The van der Waals surface area contributed by atoms with Gasteiger partial charge < -0.3 is 18.9 Å². The van der Waals surface area contributed by atoms with Gasteiger partial charge in [-0.25, -0.2) is 4.79 Å². The second kappa shape index (κ2) is 6.51. The van der Waals surface area contributed by atoms with Crippen LogP contribution in [0.25, 0.3) is 0 Å². The number of benzene rings is 1. The van der Waals surface area contributed by atoms with E-state index in [2.05, 4.69) is 0 Å². The Morgan fingerprint density at radius 3 is 2.78 bits per heavy atom. The van der Waals surface area contributed by atoms with Crippen LogP contribution in [0.15, 0.2) is 24.3 Å². The highest BCUT2D eigenvalue weighted by molar-refractivity contribution is 5.64. The fourth-order valence-corrected chi connectivity index (χ4v) is 2.93. The molecule has 0 aliphatic carbocycles. The van der Waals surface area contributed by atoms with E-state index in [9.17, 15) is 14.9 Å². The van der Waals surface area contributed by atoms with E-state index in [4.69, 9.17) is 18.9 Å². The summed E-state index contributed by atoms with van der Waals surface area (Å²) in [7, 11) is 0. The van der Waals surface area contributed by atoms with Gasteiger partial charge in [-0.05, 0) is 31.9 Å². The van der Waals surface area contributed by atoms with Gasteiger partial charge >= 0.3 is 6.16 Å². The molecule has 0 saturated carbocycles. The van der Waals surface area contributed by atoms with Gasteiger partial charge in [-0.1, -0.05) is 0 Å². The molecule has 8 heteroatoms. The molecule has 0 radical (unpaired) electrons. The number of nitrogens with zero attached hydrogens (tertiary/aromatic N) is 1. The fraction of sp³-hybridized carbons (Fsp3) is 0.533. The number of nitro groups is 1. The van der Waals surface area contributed by atoms with Crippen LogP contribution in [-0.4, -0.2) is 36.2 Å². The topological polar surface area (TPSA) is 97.1 Å². The van der Waals surface area contributed by atoms with Crippen molar-refractivity contribution in [2.45, 2.75) is 38.3 Å². The Labute approximate surface area is 132 Å². The maximum atomic E-state index is 11.9. The maximum Gasteiger partial charge on any atom is 0.514 e. The molecule has 3 rings (SSSR count). The Morgan fingerprint density at radius 1 is 1.35 bits per heavy atom. The summed E-state index contributed by atoms with van der Waals surface area (Å²) in [6.07, 6.45) is -0.126. The van der Waals surface area contributed by atoms with Crippen molar-refractivity contribution in [1.29, 1.82) is 0 Å². The van der Waals surface area contributed by atoms with Crippen LogP contribution in [0.1, 0.15) is 19.8 Å². The number of fused-ring (bicyclic) bond motifs is 1. The van der Waals surface area contributed by atoms with Crippen molar-refractivity contribution in [3.8, 4) is 5.75 Å². The molecule has 4 atom stereocenters. The first kappa shape index (κ1) is 15.7. The molecule has 0 spiro atoms. The van der Waals surface area contributed by atoms with E-state index < -0.39 is 17.2 Å². The third-order valence-corrected chi connectivity index (χ3v) is 4.03. The summed E-state index contributed by atoms with van der Waals surface area (Å²) < 4.78 is 21.6. The number of hydrogen-bond donors (Lipinski definition) is 0. The quantitative estimate of drug-likeness (QED) is 0.365. The zero-order chi connectivity index (χ0) is 16.4. The van der Waals surface area contributed by atoms with Crippen molar-refractivity contribution in [1.82, 2.24) is 0 Å². The molecule has 1 aromatic rings. The normalized spacial score (nSPS) is 29.6. The van der Waals surface area contributed by atoms with Gasteiger partial charge in [0, 0.05) is 24.7 Å². The lowest BCUT2D eigenvalue weighted by Crippen LogP contribution is -2.35. The first-order valence-corrected chi connectivity index (χ1v) is 7.44. The van der Waals surface area contributed by atoms with Crippen LogP contribution < -0.4 is 4.74 Å². The lowest BCUT2D eigenvalue weighted by atomic mass is 9.94. The molecule has 2 heterocycles. The number of non-ortho nitro benzene ring substituents is 1. The van der Waals surface area contributed by atoms with Crippen molar-refractivity contribution in [3.63, 3.8) is 0 Å². The van der Waals surface area contributed by atoms with Gasteiger partial charge in [-0.3, -0.25) is 10.1 Å².